The van der Waals surface area contributed by atoms with Gasteiger partial charge < -0.3 is 73.7 Å². The average molecular weight is 1300 g/mol. The van der Waals surface area contributed by atoms with Gasteiger partial charge in [-0.25, -0.2) is 14.4 Å². The Kier molecular flexibility index (Phi) is 59.1. The average Bonchev–Trinajstić information content (AvgIpc) is 2.55. The number of nitrogens with one attached hydrogen (secondary N) is 1. The molecule has 0 saturated heterocycles. The monoisotopic (exact) mass is 1300 g/mol. The fourth-order valence-corrected chi connectivity index (χ4v) is 220. The zero-order valence-corrected chi connectivity index (χ0v) is 68.2. The van der Waals surface area contributed by atoms with E-state index in [2.05, 4.69) is 77.5 Å². The van der Waals surface area contributed by atoms with Crippen molar-refractivity contribution in [3.8, 4) is 11.5 Å². The molecule has 0 spiro atoms. The number of hydrogen-bond donors (Lipinski definition) is 3. The summed E-state index contributed by atoms with van der Waals surface area (Å²) < 4.78 is 46.0. The van der Waals surface area contributed by atoms with Crippen LogP contribution in [-0.4, -0.2) is 345 Å². The van der Waals surface area contributed by atoms with Crippen molar-refractivity contribution >= 4 is 243 Å². The number of alkyl carbamates (subject to hydrolysis) is 1. The van der Waals surface area contributed by atoms with Crippen LogP contribution >= 0.6 is 0 Å². The molecule has 0 aliphatic rings. The van der Waals surface area contributed by atoms with Crippen LogP contribution < -0.4 is 24.6 Å². The van der Waals surface area contributed by atoms with E-state index < -0.39 is 84.4 Å². The Bertz CT molecular complexity index is 2170. The Hall–Kier alpha value is 3.01. The van der Waals surface area contributed by atoms with Crippen LogP contribution in [0.25, 0.3) is 0 Å². The fraction of sp³-hybridized carbons (Fsp3) is 0.578. The number of aliphatic hydroxyl groups is 2. The molecular formula is C45H70Mg13N4O20. The summed E-state index contributed by atoms with van der Waals surface area (Å²) in [5, 5.41) is 33.9. The zero-order chi connectivity index (χ0) is 62.5. The SMILES string of the molecule is CCOC(=O)COc1cc(C(O)CNC(=O)OC(C)(C)C)ccc1N(CC(=O)OCC)CC(=O)OCC.CCOC(=O)COc1cc(C(O)C[N+](=O)[O-])ccc1N(CC(=O)OCC)CC(=O)OCC.[H-].[H-].[H-].[H-].[Mg+][Mg][Mg][Mg][Mg][Mg+].[Mg+][Mg][Mg][Mg][Mg][Mg][Mg+]. The molecule has 0 radical (unpaired) electrons. The molecule has 2 atom stereocenters. The summed E-state index contributed by atoms with van der Waals surface area (Å²) in [4.78, 5) is 97.0. The third-order valence-electron chi connectivity index (χ3n) is 10.1. The number of ether oxygens (including phenoxy) is 9. The van der Waals surface area contributed by atoms with Crippen molar-refractivity contribution in [2.45, 2.75) is 80.1 Å². The van der Waals surface area contributed by atoms with E-state index in [0.29, 0.717) is 57.8 Å². The van der Waals surface area contributed by atoms with Crippen LogP contribution in [0.1, 0.15) is 91.4 Å². The van der Waals surface area contributed by atoms with Gasteiger partial charge in [-0.05, 0) is 97.7 Å². The number of carbonyl (C=O) groups is 7. The van der Waals surface area contributed by atoms with Gasteiger partial charge in [-0.1, -0.05) is 12.1 Å². The molecule has 0 heterocycles. The van der Waals surface area contributed by atoms with Gasteiger partial charge in [-0.15, -0.1) is 0 Å². The number of carbonyl (C=O) groups excluding carboxylic acids is 7. The summed E-state index contributed by atoms with van der Waals surface area (Å²) >= 11 is 16.1. The van der Waals surface area contributed by atoms with Crippen molar-refractivity contribution in [3.63, 3.8) is 0 Å². The van der Waals surface area contributed by atoms with Crippen molar-refractivity contribution in [1.29, 1.82) is 0 Å². The number of amides is 1. The molecule has 2 unspecified atom stereocenters. The number of nitro groups is 1. The predicted octanol–water partition coefficient (Wildman–Crippen LogP) is -1.51. The molecule has 416 valence electrons. The van der Waals surface area contributed by atoms with Crippen molar-refractivity contribution in [3.05, 3.63) is 57.6 Å². The second kappa shape index (κ2) is 55.6. The number of anilines is 2. The molecule has 82 heavy (non-hydrogen) atoms. The molecule has 3 N–H and O–H groups in total. The number of aliphatic hydroxyl groups excluding tert-OH is 2. The van der Waals surface area contributed by atoms with Gasteiger partial charge in [-0.2, -0.15) is 0 Å². The molecule has 0 bridgehead atoms. The summed E-state index contributed by atoms with van der Waals surface area (Å²) in [5.41, 5.74) is 0.280. The van der Waals surface area contributed by atoms with Crippen molar-refractivity contribution in [2.75, 3.05) is 102 Å². The second-order valence-electron chi connectivity index (χ2n) is 18.2. The minimum absolute atomic E-state index is 0. The summed E-state index contributed by atoms with van der Waals surface area (Å²) in [6.07, 6.45) is -3.29. The molecule has 0 fully saturated rings. The first-order valence-electron chi connectivity index (χ1n) is 27.5. The first kappa shape index (κ1) is 87.1. The molecule has 0 aliphatic carbocycles. The van der Waals surface area contributed by atoms with Gasteiger partial charge >= 0.3 is 232 Å². The fourth-order valence-electron chi connectivity index (χ4n) is 6.55. The van der Waals surface area contributed by atoms with Crippen LogP contribution in [0.2, 0.25) is 0 Å². The standard InChI is InChI=1S/C25H38N2O10.C20H28N2O10.13Mg.4H/c1-7-33-21(29)14-27(15-22(30)34-8-2)18-11-10-17(12-20(18)36-16-23(31)35-9-3)19(28)13-26-24(32)37-25(4,5)6;1-4-29-18(24)11-21(12-19(25)30-5-2)15-8-7-14(16(23)10-22(27)28)9-17(15)32-13-20(26)31-6-3;;;;;;;;;;;;;;;;;/h10-12,19,28H,7-9,13-16H2,1-6H3,(H,26,32);7-9,16,23H,4-6,10-13H2,1-3H3;;;;;;;;;;;;;;;;;/q;;;;;;;;;;;4*+1;4*-1. The van der Waals surface area contributed by atoms with Crippen LogP contribution in [0.15, 0.2) is 36.4 Å². The normalized spacial score (nSPS) is 10.3. The summed E-state index contributed by atoms with van der Waals surface area (Å²) in [7, 11) is 0. The van der Waals surface area contributed by atoms with Crippen molar-refractivity contribution < 1.29 is 97.0 Å². The van der Waals surface area contributed by atoms with Crippen LogP contribution in [0.4, 0.5) is 16.2 Å². The van der Waals surface area contributed by atoms with E-state index in [4.69, 9.17) is 42.6 Å². The summed E-state index contributed by atoms with van der Waals surface area (Å²) in [5.74, 6) is -3.62. The van der Waals surface area contributed by atoms with Crippen molar-refractivity contribution in [2.24, 2.45) is 0 Å². The number of nitrogens with zero attached hydrogens (tertiary/aromatic N) is 3. The Labute approximate surface area is 586 Å². The Morgan fingerprint density at radius 1 is 0.561 bits per heavy atom. The molecule has 0 aliphatic heterocycles. The molecule has 0 aromatic heterocycles. The Morgan fingerprint density at radius 2 is 0.878 bits per heavy atom. The number of benzene rings is 2. The van der Waals surface area contributed by atoms with Gasteiger partial charge in [0, 0.05) is 4.92 Å². The van der Waals surface area contributed by atoms with E-state index in [1.807, 2.05) is 0 Å². The van der Waals surface area contributed by atoms with Gasteiger partial charge in [-0.3, -0.25) is 29.3 Å². The predicted molar refractivity (Wildman–Crippen MR) is 323 cm³/mol. The van der Waals surface area contributed by atoms with E-state index in [-0.39, 0.29) is 107 Å². The summed E-state index contributed by atoms with van der Waals surface area (Å²) in [6.45, 7) is 12.7. The first-order chi connectivity index (χ1) is 38.9. The van der Waals surface area contributed by atoms with Crippen LogP contribution in [0, 0.1) is 10.1 Å². The molecule has 37 heteroatoms. The van der Waals surface area contributed by atoms with Crippen molar-refractivity contribution in [1.82, 2.24) is 5.32 Å². The van der Waals surface area contributed by atoms with Gasteiger partial charge in [0.15, 0.2) is 13.2 Å². The Morgan fingerprint density at radius 3 is 1.18 bits per heavy atom. The second-order valence-corrected chi connectivity index (χ2v) is 101. The first-order valence-corrected chi connectivity index (χ1v) is 71.5. The van der Waals surface area contributed by atoms with Crippen LogP contribution in [-0.2, 0) is 61.9 Å². The van der Waals surface area contributed by atoms with Gasteiger partial charge in [0.05, 0.1) is 63.7 Å². The van der Waals surface area contributed by atoms with E-state index in [1.54, 1.807) is 62.3 Å². The molecular weight excluding hydrogens is 1230 g/mol. The quantitative estimate of drug-likeness (QED) is 0.0176. The third kappa shape index (κ3) is 46.1. The van der Waals surface area contributed by atoms with Crippen LogP contribution in [0.3, 0.4) is 0 Å². The van der Waals surface area contributed by atoms with Gasteiger partial charge in [0.2, 0.25) is 6.54 Å². The van der Waals surface area contributed by atoms with E-state index >= 15 is 0 Å². The van der Waals surface area contributed by atoms with E-state index in [9.17, 15) is 53.9 Å². The number of hydrogen-bond acceptors (Lipinski definition) is 22. The van der Waals surface area contributed by atoms with E-state index in [1.165, 1.54) is 46.2 Å². The number of rotatable bonds is 35. The number of esters is 6. The summed E-state index contributed by atoms with van der Waals surface area (Å²) in [6, 6.07) is 8.61. The zero-order valence-electron chi connectivity index (χ0n) is 53.8. The Balaban J connectivity index is -0.000000297. The molecule has 1 amide bonds. The molecule has 2 aromatic carbocycles. The topological polar surface area (TPSA) is 305 Å². The molecule has 0 saturated carbocycles. The molecule has 2 rings (SSSR count). The third-order valence-corrected chi connectivity index (χ3v) is 150. The van der Waals surface area contributed by atoms with E-state index in [0.717, 1.165) is 65.3 Å². The van der Waals surface area contributed by atoms with Gasteiger partial charge in [0.25, 0.3) is 0 Å². The van der Waals surface area contributed by atoms with Gasteiger partial charge in [0.1, 0.15) is 49.4 Å². The maximum absolute atomic E-state index is 12.2. The minimum atomic E-state index is -1.44. The van der Waals surface area contributed by atoms with Crippen LogP contribution in [0.5, 0.6) is 11.5 Å². The molecule has 2 aromatic rings. The maximum atomic E-state index is 12.2. The molecule has 24 nitrogen and oxygen atoms in total.